The van der Waals surface area contributed by atoms with Gasteiger partial charge in [-0.2, -0.15) is 0 Å². The van der Waals surface area contributed by atoms with E-state index < -0.39 is 17.7 Å². The van der Waals surface area contributed by atoms with E-state index in [1.54, 1.807) is 23.1 Å². The monoisotopic (exact) mass is 449 g/mol. The quantitative estimate of drug-likeness (QED) is 0.373. The van der Waals surface area contributed by atoms with E-state index in [0.29, 0.717) is 23.0 Å². The summed E-state index contributed by atoms with van der Waals surface area (Å²) in [7, 11) is 3.04. The summed E-state index contributed by atoms with van der Waals surface area (Å²) in [6.45, 7) is 4.24. The van der Waals surface area contributed by atoms with Crippen LogP contribution >= 0.6 is 0 Å². The van der Waals surface area contributed by atoms with Crippen molar-refractivity contribution in [3.63, 3.8) is 0 Å². The predicted molar refractivity (Wildman–Crippen MR) is 126 cm³/mol. The van der Waals surface area contributed by atoms with Crippen LogP contribution in [0, 0.1) is 0 Å². The maximum Gasteiger partial charge on any atom is 0.295 e. The largest absolute Gasteiger partial charge is 0.507 e. The first-order chi connectivity index (χ1) is 15.9. The second-order valence-electron chi connectivity index (χ2n) is 9.04. The fraction of sp³-hybridized carbons (Fsp3) is 0.407. The first-order valence-electron chi connectivity index (χ1n) is 11.5. The summed E-state index contributed by atoms with van der Waals surface area (Å²) in [5, 5.41) is 11.3. The summed E-state index contributed by atoms with van der Waals surface area (Å²) >= 11 is 0. The first-order valence-corrected chi connectivity index (χ1v) is 11.5. The lowest BCUT2D eigenvalue weighted by atomic mass is 9.92. The van der Waals surface area contributed by atoms with Crippen LogP contribution in [0.5, 0.6) is 11.5 Å². The number of carbonyl (C=O) groups is 2. The van der Waals surface area contributed by atoms with E-state index in [0.717, 1.165) is 31.2 Å². The molecule has 1 heterocycles. The van der Waals surface area contributed by atoms with Gasteiger partial charge in [-0.15, -0.1) is 0 Å². The zero-order valence-electron chi connectivity index (χ0n) is 19.6. The first kappa shape index (κ1) is 22.9. The van der Waals surface area contributed by atoms with Crippen molar-refractivity contribution in [3.8, 4) is 11.5 Å². The highest BCUT2D eigenvalue weighted by Gasteiger charge is 2.49. The molecule has 1 atom stereocenters. The molecule has 1 unspecified atom stereocenters. The van der Waals surface area contributed by atoms with E-state index in [2.05, 4.69) is 13.8 Å². The molecule has 0 spiro atoms. The Bertz CT molecular complexity index is 1080. The van der Waals surface area contributed by atoms with Crippen molar-refractivity contribution in [2.24, 2.45) is 0 Å². The van der Waals surface area contributed by atoms with Crippen LogP contribution in [0.25, 0.3) is 5.76 Å². The Balaban J connectivity index is 1.86. The van der Waals surface area contributed by atoms with Crippen LogP contribution in [0.4, 0.5) is 0 Å². The number of hydrogen-bond acceptors (Lipinski definition) is 5. The number of hydrogen-bond donors (Lipinski definition) is 1. The standard InChI is InChI=1S/C27H31NO5/c1-16(2)17-9-11-18(12-10-17)24-23(26(30)27(31)28(24)20-7-5-6-8-20)25(29)19-13-14-21(32-3)22(15-19)33-4/h9-16,20,24,29H,5-8H2,1-4H3/b25-23-. The number of methoxy groups -OCH3 is 2. The molecule has 6 nitrogen and oxygen atoms in total. The zero-order valence-corrected chi connectivity index (χ0v) is 19.6. The Morgan fingerprint density at radius 1 is 0.970 bits per heavy atom. The lowest BCUT2D eigenvalue weighted by molar-refractivity contribution is -0.141. The van der Waals surface area contributed by atoms with Gasteiger partial charge in [0.15, 0.2) is 11.5 Å². The second kappa shape index (κ2) is 9.30. The van der Waals surface area contributed by atoms with Crippen LogP contribution in [0.1, 0.15) is 68.2 Å². The summed E-state index contributed by atoms with van der Waals surface area (Å²) in [5.74, 6) is -0.0700. The Hall–Kier alpha value is -3.28. The Morgan fingerprint density at radius 3 is 2.18 bits per heavy atom. The number of likely N-dealkylation sites (tertiary alicyclic amines) is 1. The summed E-state index contributed by atoms with van der Waals surface area (Å²) < 4.78 is 10.7. The number of ketones is 1. The summed E-state index contributed by atoms with van der Waals surface area (Å²) in [5.41, 5.74) is 2.53. The maximum absolute atomic E-state index is 13.3. The number of amides is 1. The van der Waals surface area contributed by atoms with E-state index in [1.165, 1.54) is 19.8 Å². The molecule has 0 radical (unpaired) electrons. The number of rotatable bonds is 6. The third kappa shape index (κ3) is 4.10. The molecule has 0 bridgehead atoms. The van der Waals surface area contributed by atoms with E-state index in [1.807, 2.05) is 24.3 Å². The van der Waals surface area contributed by atoms with Gasteiger partial charge in [-0.3, -0.25) is 9.59 Å². The molecule has 2 aliphatic rings. The number of nitrogens with zero attached hydrogens (tertiary/aromatic N) is 1. The average Bonchev–Trinajstić information content (AvgIpc) is 3.45. The molecule has 1 saturated heterocycles. The minimum Gasteiger partial charge on any atom is -0.507 e. The number of aliphatic hydroxyl groups is 1. The van der Waals surface area contributed by atoms with Crippen LogP contribution in [0.15, 0.2) is 48.0 Å². The van der Waals surface area contributed by atoms with Gasteiger partial charge in [-0.05, 0) is 48.1 Å². The van der Waals surface area contributed by atoms with Crippen LogP contribution < -0.4 is 9.47 Å². The molecule has 1 amide bonds. The normalized spacial score (nSPS) is 20.6. The van der Waals surface area contributed by atoms with Gasteiger partial charge in [0.1, 0.15) is 5.76 Å². The van der Waals surface area contributed by atoms with Crippen molar-refractivity contribution < 1.29 is 24.2 Å². The smallest absolute Gasteiger partial charge is 0.295 e. The van der Waals surface area contributed by atoms with Gasteiger partial charge in [-0.25, -0.2) is 0 Å². The fourth-order valence-corrected chi connectivity index (χ4v) is 4.94. The van der Waals surface area contributed by atoms with Gasteiger partial charge in [0.25, 0.3) is 11.7 Å². The van der Waals surface area contributed by atoms with Crippen LogP contribution in [-0.2, 0) is 9.59 Å². The van der Waals surface area contributed by atoms with Gasteiger partial charge >= 0.3 is 0 Å². The molecule has 6 heteroatoms. The van der Waals surface area contributed by atoms with Crippen LogP contribution in [-0.4, -0.2) is 42.0 Å². The minimum absolute atomic E-state index is 0.00747. The predicted octanol–water partition coefficient (Wildman–Crippen LogP) is 5.19. The van der Waals surface area contributed by atoms with Gasteiger partial charge in [0.05, 0.1) is 25.8 Å². The van der Waals surface area contributed by atoms with Crippen molar-refractivity contribution in [3.05, 3.63) is 64.7 Å². The van der Waals surface area contributed by atoms with Crippen LogP contribution in [0.3, 0.4) is 0 Å². The third-order valence-corrected chi connectivity index (χ3v) is 6.77. The highest BCUT2D eigenvalue weighted by molar-refractivity contribution is 6.46. The molecule has 0 aromatic heterocycles. The van der Waals surface area contributed by atoms with Crippen LogP contribution in [0.2, 0.25) is 0 Å². The summed E-state index contributed by atoms with van der Waals surface area (Å²) in [6.07, 6.45) is 3.79. The zero-order chi connectivity index (χ0) is 23.7. The SMILES string of the molecule is COc1ccc(/C(O)=C2/C(=O)C(=O)N(C3CCCC3)C2c2ccc(C(C)C)cc2)cc1OC. The van der Waals surface area contributed by atoms with Crippen molar-refractivity contribution >= 4 is 17.4 Å². The van der Waals surface area contributed by atoms with Gasteiger partial charge in [0.2, 0.25) is 0 Å². The molecule has 2 aromatic carbocycles. The summed E-state index contributed by atoms with van der Waals surface area (Å²) in [6, 6.07) is 12.3. The molecule has 4 rings (SSSR count). The lowest BCUT2D eigenvalue weighted by Gasteiger charge is -2.31. The molecular weight excluding hydrogens is 418 g/mol. The Kier molecular flexibility index (Phi) is 6.45. The van der Waals surface area contributed by atoms with Gasteiger partial charge in [-0.1, -0.05) is 51.0 Å². The molecule has 1 saturated carbocycles. The van der Waals surface area contributed by atoms with Crippen molar-refractivity contribution in [1.29, 1.82) is 0 Å². The molecule has 1 N–H and O–H groups in total. The number of aliphatic hydroxyl groups excluding tert-OH is 1. The van der Waals surface area contributed by atoms with E-state index >= 15 is 0 Å². The average molecular weight is 450 g/mol. The fourth-order valence-electron chi connectivity index (χ4n) is 4.94. The molecule has 1 aliphatic heterocycles. The van der Waals surface area contributed by atoms with Gasteiger partial charge in [0, 0.05) is 11.6 Å². The third-order valence-electron chi connectivity index (χ3n) is 6.77. The van der Waals surface area contributed by atoms with Gasteiger partial charge < -0.3 is 19.5 Å². The topological polar surface area (TPSA) is 76.1 Å². The number of Topliss-reactive ketones (excluding diaryl/α,β-unsaturated/α-hetero) is 1. The number of ether oxygens (including phenoxy) is 2. The summed E-state index contributed by atoms with van der Waals surface area (Å²) in [4.78, 5) is 28.2. The second-order valence-corrected chi connectivity index (χ2v) is 9.04. The van der Waals surface area contributed by atoms with E-state index in [4.69, 9.17) is 9.47 Å². The molecule has 1 aliphatic carbocycles. The van der Waals surface area contributed by atoms with Crippen molar-refractivity contribution in [1.82, 2.24) is 4.90 Å². The molecule has 174 valence electrons. The van der Waals surface area contributed by atoms with E-state index in [-0.39, 0.29) is 17.4 Å². The van der Waals surface area contributed by atoms with E-state index in [9.17, 15) is 14.7 Å². The Labute approximate surface area is 194 Å². The highest BCUT2D eigenvalue weighted by atomic mass is 16.5. The number of carbonyl (C=O) groups excluding carboxylic acids is 2. The number of benzene rings is 2. The maximum atomic E-state index is 13.3. The molecule has 33 heavy (non-hydrogen) atoms. The minimum atomic E-state index is -0.646. The van der Waals surface area contributed by atoms with Crippen molar-refractivity contribution in [2.75, 3.05) is 14.2 Å². The lowest BCUT2D eigenvalue weighted by Crippen LogP contribution is -2.37. The molecule has 2 fully saturated rings. The molecule has 2 aromatic rings. The molecular formula is C27H31NO5. The Morgan fingerprint density at radius 2 is 1.61 bits per heavy atom. The highest BCUT2D eigenvalue weighted by Crippen LogP contribution is 2.44. The van der Waals surface area contributed by atoms with Crippen molar-refractivity contribution in [2.45, 2.75) is 57.5 Å².